The standard InChI is InChI=1S/C14H19BrClN3S/c1-5-17-12(14-11(16)9(4)7-20-14)13-10(15)6-18-19(13)8(2)3/h6-8,12,17H,5H2,1-4H3. The quantitative estimate of drug-likeness (QED) is 0.800. The van der Waals surface area contributed by atoms with Gasteiger partial charge in [-0.3, -0.25) is 4.68 Å². The Labute approximate surface area is 137 Å². The number of aromatic nitrogens is 2. The molecule has 20 heavy (non-hydrogen) atoms. The highest BCUT2D eigenvalue weighted by Crippen LogP contribution is 2.38. The smallest absolute Gasteiger partial charge is 0.0868 e. The number of aryl methyl sites for hydroxylation is 1. The number of thiophene rings is 1. The summed E-state index contributed by atoms with van der Waals surface area (Å²) in [5.74, 6) is 0. The van der Waals surface area contributed by atoms with Crippen LogP contribution in [0.1, 0.15) is 49.0 Å². The van der Waals surface area contributed by atoms with E-state index in [0.717, 1.165) is 32.2 Å². The molecule has 0 radical (unpaired) electrons. The Hall–Kier alpha value is -0.360. The maximum atomic E-state index is 6.47. The normalized spacial score (nSPS) is 13.2. The molecule has 3 nitrogen and oxygen atoms in total. The average Bonchev–Trinajstić information content (AvgIpc) is 2.92. The predicted octanol–water partition coefficient (Wildman–Crippen LogP) is 4.95. The van der Waals surface area contributed by atoms with Crippen LogP contribution in [-0.4, -0.2) is 16.3 Å². The van der Waals surface area contributed by atoms with Gasteiger partial charge in [0.15, 0.2) is 0 Å². The van der Waals surface area contributed by atoms with Gasteiger partial charge in [0.2, 0.25) is 0 Å². The van der Waals surface area contributed by atoms with Crippen LogP contribution in [-0.2, 0) is 0 Å². The average molecular weight is 377 g/mol. The van der Waals surface area contributed by atoms with Crippen molar-refractivity contribution < 1.29 is 0 Å². The summed E-state index contributed by atoms with van der Waals surface area (Å²) in [6, 6.07) is 0.364. The second kappa shape index (κ2) is 6.60. The van der Waals surface area contributed by atoms with Crippen LogP contribution in [0.15, 0.2) is 16.0 Å². The molecule has 1 atom stereocenters. The molecule has 2 rings (SSSR count). The number of halogens is 2. The van der Waals surface area contributed by atoms with E-state index in [2.05, 4.69) is 52.5 Å². The molecule has 1 unspecified atom stereocenters. The van der Waals surface area contributed by atoms with Gasteiger partial charge < -0.3 is 5.32 Å². The third kappa shape index (κ3) is 2.96. The highest BCUT2D eigenvalue weighted by atomic mass is 79.9. The summed E-state index contributed by atoms with van der Waals surface area (Å²) in [6.45, 7) is 9.28. The summed E-state index contributed by atoms with van der Waals surface area (Å²) >= 11 is 11.8. The Kier molecular flexibility index (Phi) is 5.29. The molecular weight excluding hydrogens is 358 g/mol. The van der Waals surface area contributed by atoms with Crippen molar-refractivity contribution in [1.82, 2.24) is 15.1 Å². The van der Waals surface area contributed by atoms with Crippen LogP contribution in [0.2, 0.25) is 5.02 Å². The van der Waals surface area contributed by atoms with Gasteiger partial charge >= 0.3 is 0 Å². The third-order valence-electron chi connectivity index (χ3n) is 3.15. The van der Waals surface area contributed by atoms with Gasteiger partial charge in [-0.25, -0.2) is 0 Å². The van der Waals surface area contributed by atoms with E-state index in [9.17, 15) is 0 Å². The molecule has 0 saturated heterocycles. The number of nitrogens with one attached hydrogen (secondary N) is 1. The molecule has 2 heterocycles. The van der Waals surface area contributed by atoms with E-state index in [4.69, 9.17) is 11.6 Å². The molecular formula is C14H19BrClN3S. The second-order valence-electron chi connectivity index (χ2n) is 5.00. The maximum Gasteiger partial charge on any atom is 0.0868 e. The van der Waals surface area contributed by atoms with E-state index in [1.807, 2.05) is 17.8 Å². The van der Waals surface area contributed by atoms with Gasteiger partial charge in [-0.2, -0.15) is 5.10 Å². The Morgan fingerprint density at radius 3 is 2.70 bits per heavy atom. The summed E-state index contributed by atoms with van der Waals surface area (Å²) < 4.78 is 3.06. The lowest BCUT2D eigenvalue weighted by atomic mass is 10.1. The van der Waals surface area contributed by atoms with Crippen molar-refractivity contribution in [1.29, 1.82) is 0 Å². The summed E-state index contributed by atoms with van der Waals surface area (Å²) in [7, 11) is 0. The van der Waals surface area contributed by atoms with E-state index in [-0.39, 0.29) is 6.04 Å². The topological polar surface area (TPSA) is 29.9 Å². The van der Waals surface area contributed by atoms with E-state index in [1.165, 1.54) is 0 Å². The zero-order valence-electron chi connectivity index (χ0n) is 12.1. The Morgan fingerprint density at radius 1 is 1.50 bits per heavy atom. The van der Waals surface area contributed by atoms with Crippen LogP contribution < -0.4 is 5.32 Å². The molecule has 0 saturated carbocycles. The first-order valence-corrected chi connectivity index (χ1v) is 8.72. The minimum atomic E-state index is 0.0606. The number of nitrogens with zero attached hydrogens (tertiary/aromatic N) is 2. The van der Waals surface area contributed by atoms with Crippen molar-refractivity contribution in [2.24, 2.45) is 0 Å². The van der Waals surface area contributed by atoms with E-state index in [1.54, 1.807) is 11.3 Å². The first kappa shape index (κ1) is 16.0. The SMILES string of the molecule is CCNC(c1scc(C)c1Cl)c1c(Br)cnn1C(C)C. The van der Waals surface area contributed by atoms with Crippen molar-refractivity contribution in [2.75, 3.05) is 6.54 Å². The van der Waals surface area contributed by atoms with Gasteiger partial charge in [0.1, 0.15) is 0 Å². The van der Waals surface area contributed by atoms with Crippen LogP contribution in [0.25, 0.3) is 0 Å². The Balaban J connectivity index is 2.54. The molecule has 110 valence electrons. The van der Waals surface area contributed by atoms with Gasteiger partial charge in [0, 0.05) is 10.9 Å². The highest BCUT2D eigenvalue weighted by Gasteiger charge is 2.26. The molecule has 0 aromatic carbocycles. The van der Waals surface area contributed by atoms with E-state index in [0.29, 0.717) is 6.04 Å². The second-order valence-corrected chi connectivity index (χ2v) is 7.15. The van der Waals surface area contributed by atoms with Crippen molar-refractivity contribution in [2.45, 2.75) is 39.8 Å². The molecule has 0 aliphatic heterocycles. The fourth-order valence-electron chi connectivity index (χ4n) is 2.19. The summed E-state index contributed by atoms with van der Waals surface area (Å²) in [5.41, 5.74) is 2.26. The zero-order valence-corrected chi connectivity index (χ0v) is 15.2. The first-order chi connectivity index (χ1) is 9.47. The molecule has 0 aliphatic rings. The van der Waals surface area contributed by atoms with Crippen molar-refractivity contribution >= 4 is 38.9 Å². The fourth-order valence-corrected chi connectivity index (χ4v) is 4.08. The van der Waals surface area contributed by atoms with Crippen molar-refractivity contribution in [3.8, 4) is 0 Å². The fraction of sp³-hybridized carbons (Fsp3) is 0.500. The van der Waals surface area contributed by atoms with Crippen molar-refractivity contribution in [3.05, 3.63) is 37.2 Å². The highest BCUT2D eigenvalue weighted by molar-refractivity contribution is 9.10. The maximum absolute atomic E-state index is 6.47. The third-order valence-corrected chi connectivity index (χ3v) is 5.54. The molecule has 6 heteroatoms. The van der Waals surface area contributed by atoms with Gasteiger partial charge in [-0.15, -0.1) is 11.3 Å². The van der Waals surface area contributed by atoms with E-state index < -0.39 is 0 Å². The molecule has 0 spiro atoms. The molecule has 0 aliphatic carbocycles. The van der Waals surface area contributed by atoms with Crippen LogP contribution in [0.5, 0.6) is 0 Å². The monoisotopic (exact) mass is 375 g/mol. The lowest BCUT2D eigenvalue weighted by Gasteiger charge is -2.21. The van der Waals surface area contributed by atoms with E-state index >= 15 is 0 Å². The minimum Gasteiger partial charge on any atom is -0.305 e. The lowest BCUT2D eigenvalue weighted by molar-refractivity contribution is 0.477. The Bertz CT molecular complexity index is 591. The van der Waals surface area contributed by atoms with Crippen LogP contribution in [0.3, 0.4) is 0 Å². The zero-order chi connectivity index (χ0) is 14.9. The van der Waals surface area contributed by atoms with Crippen LogP contribution >= 0.6 is 38.9 Å². The number of hydrogen-bond acceptors (Lipinski definition) is 3. The van der Waals surface area contributed by atoms with Gasteiger partial charge in [0.25, 0.3) is 0 Å². The van der Waals surface area contributed by atoms with Crippen LogP contribution in [0.4, 0.5) is 0 Å². The molecule has 0 amide bonds. The summed E-state index contributed by atoms with van der Waals surface area (Å²) in [5, 5.41) is 11.0. The number of rotatable bonds is 5. The summed E-state index contributed by atoms with van der Waals surface area (Å²) in [6.07, 6.45) is 1.86. The molecule has 1 N–H and O–H groups in total. The Morgan fingerprint density at radius 2 is 2.20 bits per heavy atom. The lowest BCUT2D eigenvalue weighted by Crippen LogP contribution is -2.25. The molecule has 2 aromatic rings. The number of hydrogen-bond donors (Lipinski definition) is 1. The first-order valence-electron chi connectivity index (χ1n) is 6.67. The molecule has 0 bridgehead atoms. The predicted molar refractivity (Wildman–Crippen MR) is 89.9 cm³/mol. The molecule has 2 aromatic heterocycles. The van der Waals surface area contributed by atoms with Crippen LogP contribution in [0, 0.1) is 6.92 Å². The molecule has 0 fully saturated rings. The summed E-state index contributed by atoms with van der Waals surface area (Å²) in [4.78, 5) is 1.15. The minimum absolute atomic E-state index is 0.0606. The van der Waals surface area contributed by atoms with Crippen molar-refractivity contribution in [3.63, 3.8) is 0 Å². The van der Waals surface area contributed by atoms with Gasteiger partial charge in [0.05, 0.1) is 27.4 Å². The largest absolute Gasteiger partial charge is 0.305 e. The van der Waals surface area contributed by atoms with Gasteiger partial charge in [-0.1, -0.05) is 18.5 Å². The van der Waals surface area contributed by atoms with Gasteiger partial charge in [-0.05, 0) is 54.2 Å².